The number of fused-ring (bicyclic) bond motifs is 1. The van der Waals surface area contributed by atoms with Crippen LogP contribution in [0.25, 0.3) is 0 Å². The third kappa shape index (κ3) is 2.32. The smallest absolute Gasteiger partial charge is 0.101 e. The zero-order chi connectivity index (χ0) is 12.4. The SMILES string of the molecule is N#CC(C1CCCCC1)N1CCc2sccc2C1. The molecule has 1 aliphatic carbocycles. The maximum Gasteiger partial charge on any atom is 0.101 e. The molecule has 1 aliphatic heterocycles. The molecule has 1 fully saturated rings. The van der Waals surface area contributed by atoms with E-state index in [1.807, 2.05) is 11.3 Å². The van der Waals surface area contributed by atoms with Gasteiger partial charge in [0.25, 0.3) is 0 Å². The Hall–Kier alpha value is -0.850. The molecule has 2 aliphatic rings. The summed E-state index contributed by atoms with van der Waals surface area (Å²) in [5, 5.41) is 11.7. The number of hydrogen-bond acceptors (Lipinski definition) is 3. The number of nitriles is 1. The molecule has 1 atom stereocenters. The third-order valence-electron chi connectivity index (χ3n) is 4.46. The zero-order valence-corrected chi connectivity index (χ0v) is 11.6. The molecule has 0 bridgehead atoms. The standard InChI is InChI=1S/C15H20N2S/c16-10-14(12-4-2-1-3-5-12)17-8-6-15-13(11-17)7-9-18-15/h7,9,12,14H,1-6,8,11H2. The lowest BCUT2D eigenvalue weighted by molar-refractivity contribution is 0.142. The van der Waals surface area contributed by atoms with Crippen LogP contribution in [0, 0.1) is 17.2 Å². The van der Waals surface area contributed by atoms with Crippen LogP contribution in [0.4, 0.5) is 0 Å². The van der Waals surface area contributed by atoms with Gasteiger partial charge < -0.3 is 0 Å². The Balaban J connectivity index is 1.71. The Kier molecular flexibility index (Phi) is 3.67. The van der Waals surface area contributed by atoms with E-state index in [4.69, 9.17) is 0 Å². The Morgan fingerprint density at radius 1 is 1.33 bits per heavy atom. The molecule has 0 spiro atoms. The van der Waals surface area contributed by atoms with E-state index < -0.39 is 0 Å². The summed E-state index contributed by atoms with van der Waals surface area (Å²) >= 11 is 1.87. The molecule has 2 heterocycles. The van der Waals surface area contributed by atoms with Crippen LogP contribution in [-0.2, 0) is 13.0 Å². The van der Waals surface area contributed by atoms with E-state index in [2.05, 4.69) is 22.4 Å². The Morgan fingerprint density at radius 2 is 2.17 bits per heavy atom. The van der Waals surface area contributed by atoms with Gasteiger partial charge in [0, 0.05) is 18.0 Å². The van der Waals surface area contributed by atoms with Crippen molar-refractivity contribution in [2.45, 2.75) is 51.1 Å². The predicted molar refractivity (Wildman–Crippen MR) is 74.4 cm³/mol. The minimum absolute atomic E-state index is 0.151. The van der Waals surface area contributed by atoms with Crippen molar-refractivity contribution in [3.8, 4) is 6.07 Å². The Morgan fingerprint density at radius 3 is 2.94 bits per heavy atom. The number of nitrogens with zero attached hydrogens (tertiary/aromatic N) is 2. The second kappa shape index (κ2) is 5.42. The molecule has 1 aromatic rings. The molecule has 0 saturated heterocycles. The molecule has 0 N–H and O–H groups in total. The molecular weight excluding hydrogens is 240 g/mol. The van der Waals surface area contributed by atoms with Gasteiger partial charge in [-0.25, -0.2) is 0 Å². The van der Waals surface area contributed by atoms with Crippen molar-refractivity contribution < 1.29 is 0 Å². The van der Waals surface area contributed by atoms with E-state index in [0.717, 1.165) is 19.5 Å². The summed E-state index contributed by atoms with van der Waals surface area (Å²) in [4.78, 5) is 3.96. The lowest BCUT2D eigenvalue weighted by Crippen LogP contribution is -2.43. The summed E-state index contributed by atoms with van der Waals surface area (Å²) in [6, 6.07) is 4.98. The van der Waals surface area contributed by atoms with Crippen molar-refractivity contribution in [2.75, 3.05) is 6.54 Å². The second-order valence-corrected chi connectivity index (χ2v) is 6.56. The van der Waals surface area contributed by atoms with Gasteiger partial charge in [-0.15, -0.1) is 11.3 Å². The van der Waals surface area contributed by atoms with Crippen LogP contribution < -0.4 is 0 Å². The fourth-order valence-electron chi connectivity index (χ4n) is 3.44. The van der Waals surface area contributed by atoms with Crippen molar-refractivity contribution in [3.05, 3.63) is 21.9 Å². The summed E-state index contributed by atoms with van der Waals surface area (Å²) in [5.41, 5.74) is 1.46. The first-order valence-electron chi connectivity index (χ1n) is 7.07. The minimum Gasteiger partial charge on any atom is -0.283 e. The quantitative estimate of drug-likeness (QED) is 0.812. The van der Waals surface area contributed by atoms with Crippen LogP contribution in [0.2, 0.25) is 0 Å². The molecule has 1 saturated carbocycles. The second-order valence-electron chi connectivity index (χ2n) is 5.56. The van der Waals surface area contributed by atoms with Gasteiger partial charge in [0.05, 0.1) is 6.07 Å². The largest absolute Gasteiger partial charge is 0.283 e. The predicted octanol–water partition coefficient (Wildman–Crippen LogP) is 3.58. The molecule has 1 aromatic heterocycles. The van der Waals surface area contributed by atoms with Gasteiger partial charge in [0.2, 0.25) is 0 Å². The fraction of sp³-hybridized carbons (Fsp3) is 0.667. The molecule has 3 rings (SSSR count). The number of hydrogen-bond donors (Lipinski definition) is 0. The summed E-state index contributed by atoms with van der Waals surface area (Å²) < 4.78 is 0. The summed E-state index contributed by atoms with van der Waals surface area (Å²) in [6.07, 6.45) is 7.65. The third-order valence-corrected chi connectivity index (χ3v) is 5.48. The van der Waals surface area contributed by atoms with Gasteiger partial charge >= 0.3 is 0 Å². The van der Waals surface area contributed by atoms with E-state index in [9.17, 15) is 5.26 Å². The maximum atomic E-state index is 9.54. The summed E-state index contributed by atoms with van der Waals surface area (Å²) in [6.45, 7) is 2.07. The van der Waals surface area contributed by atoms with Gasteiger partial charge in [-0.1, -0.05) is 19.3 Å². The molecule has 0 aromatic carbocycles. The highest BCUT2D eigenvalue weighted by Gasteiger charge is 2.31. The van der Waals surface area contributed by atoms with Crippen molar-refractivity contribution in [1.29, 1.82) is 5.26 Å². The van der Waals surface area contributed by atoms with Crippen molar-refractivity contribution >= 4 is 11.3 Å². The van der Waals surface area contributed by atoms with Gasteiger partial charge in [-0.2, -0.15) is 5.26 Å². The van der Waals surface area contributed by atoms with Crippen LogP contribution in [0.3, 0.4) is 0 Å². The molecule has 2 nitrogen and oxygen atoms in total. The molecule has 96 valence electrons. The minimum atomic E-state index is 0.151. The van der Waals surface area contributed by atoms with E-state index in [1.165, 1.54) is 42.5 Å². The van der Waals surface area contributed by atoms with Gasteiger partial charge in [0.15, 0.2) is 0 Å². The monoisotopic (exact) mass is 260 g/mol. The average molecular weight is 260 g/mol. The lowest BCUT2D eigenvalue weighted by atomic mass is 9.83. The Bertz CT molecular complexity index is 440. The van der Waals surface area contributed by atoms with E-state index in [-0.39, 0.29) is 6.04 Å². The first-order chi connectivity index (χ1) is 8.88. The molecule has 18 heavy (non-hydrogen) atoms. The lowest BCUT2D eigenvalue weighted by Gasteiger charge is -2.36. The van der Waals surface area contributed by atoms with Crippen LogP contribution in [0.15, 0.2) is 11.4 Å². The molecular formula is C15H20N2S. The number of thiophene rings is 1. The summed E-state index contributed by atoms with van der Waals surface area (Å²) in [5.74, 6) is 0.615. The van der Waals surface area contributed by atoms with Crippen LogP contribution >= 0.6 is 11.3 Å². The maximum absolute atomic E-state index is 9.54. The zero-order valence-electron chi connectivity index (χ0n) is 10.8. The molecule has 0 radical (unpaired) electrons. The first-order valence-corrected chi connectivity index (χ1v) is 7.95. The molecule has 1 unspecified atom stereocenters. The highest BCUT2D eigenvalue weighted by atomic mass is 32.1. The highest BCUT2D eigenvalue weighted by Crippen LogP contribution is 2.32. The Labute approximate surface area is 113 Å². The summed E-state index contributed by atoms with van der Waals surface area (Å²) in [7, 11) is 0. The normalized spacial score (nSPS) is 23.3. The van der Waals surface area contributed by atoms with E-state index >= 15 is 0 Å². The van der Waals surface area contributed by atoms with E-state index in [1.54, 1.807) is 0 Å². The van der Waals surface area contributed by atoms with Crippen molar-refractivity contribution in [2.24, 2.45) is 5.92 Å². The van der Waals surface area contributed by atoms with Crippen LogP contribution in [-0.4, -0.2) is 17.5 Å². The van der Waals surface area contributed by atoms with Crippen LogP contribution in [0.1, 0.15) is 42.5 Å². The van der Waals surface area contributed by atoms with Crippen molar-refractivity contribution in [1.82, 2.24) is 4.90 Å². The van der Waals surface area contributed by atoms with Gasteiger partial charge in [0.1, 0.15) is 6.04 Å². The fourth-order valence-corrected chi connectivity index (χ4v) is 4.33. The van der Waals surface area contributed by atoms with E-state index in [0.29, 0.717) is 5.92 Å². The topological polar surface area (TPSA) is 27.0 Å². The molecule has 3 heteroatoms. The van der Waals surface area contributed by atoms with Crippen molar-refractivity contribution in [3.63, 3.8) is 0 Å². The first kappa shape index (κ1) is 12.2. The molecule has 0 amide bonds. The van der Waals surface area contributed by atoms with Crippen LogP contribution in [0.5, 0.6) is 0 Å². The average Bonchev–Trinajstić information content (AvgIpc) is 2.88. The highest BCUT2D eigenvalue weighted by molar-refractivity contribution is 7.10. The van der Waals surface area contributed by atoms with Gasteiger partial charge in [-0.05, 0) is 42.2 Å². The van der Waals surface area contributed by atoms with Gasteiger partial charge in [-0.3, -0.25) is 4.90 Å². The number of rotatable bonds is 2.